The van der Waals surface area contributed by atoms with Crippen molar-refractivity contribution in [3.05, 3.63) is 60.1 Å². The lowest BCUT2D eigenvalue weighted by atomic mass is 9.99. The van der Waals surface area contributed by atoms with Gasteiger partial charge in [0.2, 0.25) is 5.91 Å². The molecule has 0 saturated heterocycles. The first-order valence-electron chi connectivity index (χ1n) is 11.6. The summed E-state index contributed by atoms with van der Waals surface area (Å²) < 4.78 is 10.3. The first kappa shape index (κ1) is 27.5. The molecule has 0 saturated carbocycles. The summed E-state index contributed by atoms with van der Waals surface area (Å²) in [4.78, 5) is 38.4. The molecule has 8 heteroatoms. The fourth-order valence-electron chi connectivity index (χ4n) is 3.37. The number of Topliss-reactive ketones (excluding diaryl/α,β-unsaturated/α-hetero) is 1. The Morgan fingerprint density at radius 2 is 1.59 bits per heavy atom. The van der Waals surface area contributed by atoms with Crippen molar-refractivity contribution in [3.63, 3.8) is 0 Å². The molecule has 7 nitrogen and oxygen atoms in total. The van der Waals surface area contributed by atoms with E-state index in [4.69, 9.17) is 9.15 Å². The molecule has 0 aliphatic heterocycles. The number of furan rings is 1. The molecule has 2 rings (SSSR count). The van der Waals surface area contributed by atoms with Crippen LogP contribution >= 0.6 is 11.8 Å². The molecule has 0 aliphatic carbocycles. The van der Waals surface area contributed by atoms with Crippen LogP contribution in [0.1, 0.15) is 51.7 Å². The third-order valence-electron chi connectivity index (χ3n) is 5.03. The Kier molecular flexibility index (Phi) is 11.7. The summed E-state index contributed by atoms with van der Waals surface area (Å²) >= 11 is 1.49. The van der Waals surface area contributed by atoms with Crippen LogP contribution in [0.4, 0.5) is 4.79 Å². The Morgan fingerprint density at radius 3 is 2.21 bits per heavy atom. The first-order valence-corrected chi connectivity index (χ1v) is 12.8. The van der Waals surface area contributed by atoms with Crippen molar-refractivity contribution in [1.29, 1.82) is 0 Å². The van der Waals surface area contributed by atoms with Gasteiger partial charge in [-0.15, -0.1) is 11.8 Å². The summed E-state index contributed by atoms with van der Waals surface area (Å²) in [5, 5.41) is 5.56. The second-order valence-corrected chi connectivity index (χ2v) is 10.2. The number of ketones is 1. The highest BCUT2D eigenvalue weighted by molar-refractivity contribution is 7.99. The number of benzene rings is 1. The fraction of sp³-hybridized carbons (Fsp3) is 0.500. The van der Waals surface area contributed by atoms with Crippen LogP contribution in [0.2, 0.25) is 0 Å². The van der Waals surface area contributed by atoms with Crippen LogP contribution in [-0.2, 0) is 26.7 Å². The predicted octanol–water partition coefficient (Wildman–Crippen LogP) is 4.95. The van der Waals surface area contributed by atoms with Crippen LogP contribution in [0.15, 0.2) is 53.3 Å². The Bertz CT molecular complexity index is 884. The van der Waals surface area contributed by atoms with Gasteiger partial charge in [0.25, 0.3) is 0 Å². The molecule has 1 aromatic heterocycles. The van der Waals surface area contributed by atoms with E-state index in [1.807, 2.05) is 64.1 Å². The van der Waals surface area contributed by atoms with Gasteiger partial charge >= 0.3 is 6.09 Å². The van der Waals surface area contributed by atoms with Gasteiger partial charge in [0.05, 0.1) is 24.3 Å². The standard InChI is InChI=1S/C26H36N2O5S/c1-18(2)12-22(24(29)17-34-16-21-10-11-32-14-21)27-25(30)23(13-19(3)4)28-26(31)33-15-20-8-6-5-7-9-20/h5-11,14,18-19,22-23H,12-13,15-17H2,1-4H3,(H,27,30)(H,28,31)/t22?,23-/m0/s1. The molecular weight excluding hydrogens is 452 g/mol. The van der Waals surface area contributed by atoms with Gasteiger partial charge in [0.1, 0.15) is 12.6 Å². The summed E-state index contributed by atoms with van der Waals surface area (Å²) in [5.74, 6) is 0.921. The van der Waals surface area contributed by atoms with E-state index in [9.17, 15) is 14.4 Å². The first-order chi connectivity index (χ1) is 16.2. The molecule has 0 aliphatic rings. The van der Waals surface area contributed by atoms with Gasteiger partial charge < -0.3 is 19.8 Å². The molecule has 186 valence electrons. The normalized spacial score (nSPS) is 12.9. The van der Waals surface area contributed by atoms with Crippen LogP contribution in [0.5, 0.6) is 0 Å². The van der Waals surface area contributed by atoms with Crippen molar-refractivity contribution in [2.24, 2.45) is 11.8 Å². The fourth-order valence-corrected chi connectivity index (χ4v) is 4.27. The van der Waals surface area contributed by atoms with Gasteiger partial charge in [-0.2, -0.15) is 0 Å². The molecule has 1 heterocycles. The monoisotopic (exact) mass is 488 g/mol. The summed E-state index contributed by atoms with van der Waals surface area (Å²) in [5.41, 5.74) is 1.87. The lowest BCUT2D eigenvalue weighted by Gasteiger charge is -2.24. The zero-order chi connectivity index (χ0) is 24.9. The number of carbonyl (C=O) groups excluding carboxylic acids is 3. The van der Waals surface area contributed by atoms with E-state index in [0.717, 1.165) is 11.1 Å². The van der Waals surface area contributed by atoms with E-state index in [2.05, 4.69) is 10.6 Å². The zero-order valence-corrected chi connectivity index (χ0v) is 21.2. The minimum Gasteiger partial charge on any atom is -0.472 e. The molecule has 2 N–H and O–H groups in total. The SMILES string of the molecule is CC(C)CC(NC(=O)[C@H](CC(C)C)NC(=O)OCc1ccccc1)C(=O)CSCc1ccoc1. The van der Waals surface area contributed by atoms with Gasteiger partial charge in [-0.3, -0.25) is 9.59 Å². The number of ether oxygens (including phenoxy) is 1. The number of amides is 2. The van der Waals surface area contributed by atoms with E-state index in [-0.39, 0.29) is 35.9 Å². The van der Waals surface area contributed by atoms with Crippen molar-refractivity contribution in [1.82, 2.24) is 10.6 Å². The highest BCUT2D eigenvalue weighted by Gasteiger charge is 2.28. The molecule has 34 heavy (non-hydrogen) atoms. The maximum atomic E-state index is 13.1. The van der Waals surface area contributed by atoms with Crippen molar-refractivity contribution in [2.75, 3.05) is 5.75 Å². The van der Waals surface area contributed by atoms with E-state index >= 15 is 0 Å². The second kappa shape index (κ2) is 14.5. The number of hydrogen-bond acceptors (Lipinski definition) is 6. The topological polar surface area (TPSA) is 97.6 Å². The van der Waals surface area contributed by atoms with E-state index in [1.54, 1.807) is 12.5 Å². The second-order valence-electron chi connectivity index (χ2n) is 9.17. The predicted molar refractivity (Wildman–Crippen MR) is 134 cm³/mol. The molecule has 1 aromatic carbocycles. The minimum atomic E-state index is -0.788. The van der Waals surface area contributed by atoms with Crippen molar-refractivity contribution in [2.45, 2.75) is 65.0 Å². The number of nitrogens with one attached hydrogen (secondary N) is 2. The lowest BCUT2D eigenvalue weighted by Crippen LogP contribution is -2.52. The van der Waals surface area contributed by atoms with E-state index < -0.39 is 18.2 Å². The van der Waals surface area contributed by atoms with Crippen LogP contribution < -0.4 is 10.6 Å². The maximum Gasteiger partial charge on any atom is 0.408 e. The number of hydrogen-bond donors (Lipinski definition) is 2. The minimum absolute atomic E-state index is 0.0366. The van der Waals surface area contributed by atoms with E-state index in [0.29, 0.717) is 18.6 Å². The molecule has 2 amide bonds. The summed E-state index contributed by atoms with van der Waals surface area (Å²) in [6.45, 7) is 8.08. The number of alkyl carbamates (subject to hydrolysis) is 1. The van der Waals surface area contributed by atoms with Crippen molar-refractivity contribution >= 4 is 29.5 Å². The Morgan fingerprint density at radius 1 is 0.912 bits per heavy atom. The molecule has 1 unspecified atom stereocenters. The van der Waals surface area contributed by atoms with E-state index in [1.165, 1.54) is 11.8 Å². The number of rotatable bonds is 14. The quantitative estimate of drug-likeness (QED) is 0.390. The highest BCUT2D eigenvalue weighted by atomic mass is 32.2. The summed E-state index contributed by atoms with van der Waals surface area (Å²) in [7, 11) is 0. The Hall–Kier alpha value is -2.74. The van der Waals surface area contributed by atoms with Gasteiger partial charge in [-0.05, 0) is 36.3 Å². The smallest absolute Gasteiger partial charge is 0.408 e. The van der Waals surface area contributed by atoms with Gasteiger partial charge in [-0.25, -0.2) is 4.79 Å². The molecule has 0 bridgehead atoms. The molecule has 0 fully saturated rings. The van der Waals surface area contributed by atoms with Gasteiger partial charge in [0, 0.05) is 11.3 Å². The van der Waals surface area contributed by atoms with Crippen LogP contribution in [0, 0.1) is 11.8 Å². The average Bonchev–Trinajstić information content (AvgIpc) is 3.30. The maximum absolute atomic E-state index is 13.1. The number of carbonyl (C=O) groups is 3. The number of thioether (sulfide) groups is 1. The summed E-state index contributed by atoms with van der Waals surface area (Å²) in [6, 6.07) is 9.80. The van der Waals surface area contributed by atoms with Gasteiger partial charge in [-0.1, -0.05) is 58.0 Å². The molecule has 0 radical (unpaired) electrons. The van der Waals surface area contributed by atoms with Crippen LogP contribution in [0.3, 0.4) is 0 Å². The zero-order valence-electron chi connectivity index (χ0n) is 20.4. The third kappa shape index (κ3) is 10.5. The Labute approximate surface area is 206 Å². The third-order valence-corrected chi connectivity index (χ3v) is 6.06. The molecule has 2 aromatic rings. The molecule has 0 spiro atoms. The van der Waals surface area contributed by atoms with Crippen molar-refractivity contribution in [3.8, 4) is 0 Å². The molecular formula is C26H36N2O5S. The lowest BCUT2D eigenvalue weighted by molar-refractivity contribution is -0.128. The van der Waals surface area contributed by atoms with Crippen LogP contribution in [0.25, 0.3) is 0 Å². The Balaban J connectivity index is 1.94. The van der Waals surface area contributed by atoms with Crippen LogP contribution in [-0.4, -0.2) is 35.6 Å². The van der Waals surface area contributed by atoms with Gasteiger partial charge in [0.15, 0.2) is 5.78 Å². The summed E-state index contributed by atoms with van der Waals surface area (Å²) in [6.07, 6.45) is 3.57. The highest BCUT2D eigenvalue weighted by Crippen LogP contribution is 2.16. The largest absolute Gasteiger partial charge is 0.472 e. The average molecular weight is 489 g/mol. The van der Waals surface area contributed by atoms with Crippen molar-refractivity contribution < 1.29 is 23.5 Å². The molecule has 2 atom stereocenters.